The van der Waals surface area contributed by atoms with Crippen LogP contribution in [-0.2, 0) is 32.1 Å². The Morgan fingerprint density at radius 1 is 0.865 bits per heavy atom. The molecule has 2 atom stereocenters. The first-order valence-electron chi connectivity index (χ1n) is 12.2. The Morgan fingerprint density at radius 3 is 1.97 bits per heavy atom. The number of carboxylic acid groups (broad SMARTS) is 1. The quantitative estimate of drug-likeness (QED) is 0.271. The molecule has 37 heavy (non-hydrogen) atoms. The maximum Gasteiger partial charge on any atom is 0.325 e. The van der Waals surface area contributed by atoms with Crippen LogP contribution in [0.15, 0.2) is 91.0 Å². The summed E-state index contributed by atoms with van der Waals surface area (Å²) in [4.78, 5) is 38.1. The number of aliphatic carboxylic acids is 1. The molecule has 0 aliphatic heterocycles. The summed E-state index contributed by atoms with van der Waals surface area (Å²) in [5, 5.41) is 15.2. The zero-order chi connectivity index (χ0) is 26.6. The number of carboxylic acids is 1. The summed E-state index contributed by atoms with van der Waals surface area (Å²) < 4.78 is 5.57. The fourth-order valence-corrected chi connectivity index (χ4v) is 3.89. The van der Waals surface area contributed by atoms with E-state index < -0.39 is 36.5 Å². The van der Waals surface area contributed by atoms with E-state index in [1.807, 2.05) is 66.7 Å². The lowest BCUT2D eigenvalue weighted by Gasteiger charge is -2.35. The number of nitrogens with zero attached hydrogens (tertiary/aromatic N) is 2. The number of aryl methyl sites for hydroxylation is 1. The first-order valence-corrected chi connectivity index (χ1v) is 12.2. The Hall–Kier alpha value is -4.17. The number of carbonyl (C=O) groups is 3. The molecule has 194 valence electrons. The molecule has 3 rings (SSSR count). The average molecular weight is 504 g/mol. The minimum absolute atomic E-state index is 0.118. The van der Waals surface area contributed by atoms with Gasteiger partial charge in [0.2, 0.25) is 0 Å². The van der Waals surface area contributed by atoms with Gasteiger partial charge in [-0.05, 0) is 43.0 Å². The summed E-state index contributed by atoms with van der Waals surface area (Å²) in [6.07, 6.45) is 1.01. The van der Waals surface area contributed by atoms with Gasteiger partial charge in [-0.3, -0.25) is 24.7 Å². The third-order valence-electron chi connectivity index (χ3n) is 5.93. The molecule has 3 aromatic rings. The van der Waals surface area contributed by atoms with Crippen molar-refractivity contribution in [2.75, 3.05) is 18.6 Å². The maximum atomic E-state index is 13.4. The number of hydrazine groups is 1. The second-order valence-electron chi connectivity index (χ2n) is 8.71. The van der Waals surface area contributed by atoms with Gasteiger partial charge >= 0.3 is 11.9 Å². The maximum absolute atomic E-state index is 13.4. The van der Waals surface area contributed by atoms with E-state index in [0.29, 0.717) is 18.5 Å². The van der Waals surface area contributed by atoms with Gasteiger partial charge in [0.25, 0.3) is 5.91 Å². The predicted octanol–water partition coefficient (Wildman–Crippen LogP) is 3.67. The number of ether oxygens (including phenoxy) is 1. The van der Waals surface area contributed by atoms with Crippen molar-refractivity contribution >= 4 is 23.5 Å². The lowest BCUT2D eigenvalue weighted by atomic mass is 10.0. The van der Waals surface area contributed by atoms with Crippen LogP contribution in [0.2, 0.25) is 0 Å². The molecular formula is C29H33N3O5. The topological polar surface area (TPSA) is 99.2 Å². The van der Waals surface area contributed by atoms with Gasteiger partial charge in [0, 0.05) is 7.05 Å². The summed E-state index contributed by atoms with van der Waals surface area (Å²) in [6.45, 7) is 1.22. The molecule has 0 aliphatic carbocycles. The highest BCUT2D eigenvalue weighted by atomic mass is 16.5. The van der Waals surface area contributed by atoms with E-state index in [9.17, 15) is 19.5 Å². The number of anilines is 1. The van der Waals surface area contributed by atoms with Crippen LogP contribution in [0.5, 0.6) is 0 Å². The van der Waals surface area contributed by atoms with Crippen molar-refractivity contribution in [3.05, 3.63) is 102 Å². The fourth-order valence-electron chi connectivity index (χ4n) is 3.89. The third kappa shape index (κ3) is 8.47. The number of nitrogens with one attached hydrogen (secondary N) is 1. The van der Waals surface area contributed by atoms with Crippen LogP contribution in [0.3, 0.4) is 0 Å². The molecule has 0 fully saturated rings. The summed E-state index contributed by atoms with van der Waals surface area (Å²) in [6, 6.07) is 26.5. The summed E-state index contributed by atoms with van der Waals surface area (Å²) in [5.41, 5.74) is 2.58. The normalized spacial score (nSPS) is 12.3. The average Bonchev–Trinajstić information content (AvgIpc) is 2.93. The Balaban J connectivity index is 1.73. The Bertz CT molecular complexity index is 1140. The fraction of sp³-hybridized carbons (Fsp3) is 0.276. The minimum atomic E-state index is -1.15. The number of benzene rings is 3. The van der Waals surface area contributed by atoms with Gasteiger partial charge in [-0.25, -0.2) is 5.01 Å². The van der Waals surface area contributed by atoms with Crippen molar-refractivity contribution in [2.24, 2.45) is 0 Å². The lowest BCUT2D eigenvalue weighted by molar-refractivity contribution is -0.149. The molecule has 8 heteroatoms. The van der Waals surface area contributed by atoms with Gasteiger partial charge in [0.15, 0.2) is 0 Å². The smallest absolute Gasteiger partial charge is 0.325 e. The SMILES string of the molecule is CC(NC(CCc1ccccc1)C(=O)OCc1ccccc1)C(=O)N(CC(=O)O)N(C)c1ccccc1. The minimum Gasteiger partial charge on any atom is -0.480 e. The number of esters is 1. The van der Waals surface area contributed by atoms with Crippen molar-refractivity contribution < 1.29 is 24.2 Å². The third-order valence-corrected chi connectivity index (χ3v) is 5.93. The number of hydrogen-bond acceptors (Lipinski definition) is 6. The molecule has 0 saturated heterocycles. The van der Waals surface area contributed by atoms with Crippen molar-refractivity contribution in [2.45, 2.75) is 38.5 Å². The molecule has 0 saturated carbocycles. The Labute approximate surface area is 217 Å². The highest BCUT2D eigenvalue weighted by Crippen LogP contribution is 2.16. The molecule has 8 nitrogen and oxygen atoms in total. The molecular weight excluding hydrogens is 470 g/mol. The van der Waals surface area contributed by atoms with Gasteiger partial charge < -0.3 is 9.84 Å². The van der Waals surface area contributed by atoms with Crippen LogP contribution < -0.4 is 10.3 Å². The second kappa shape index (κ2) is 13.8. The molecule has 2 N–H and O–H groups in total. The molecule has 0 heterocycles. The Kier molecular flexibility index (Phi) is 10.2. The van der Waals surface area contributed by atoms with E-state index in [-0.39, 0.29) is 6.61 Å². The highest BCUT2D eigenvalue weighted by Gasteiger charge is 2.30. The number of para-hydroxylation sites is 1. The van der Waals surface area contributed by atoms with Crippen LogP contribution >= 0.6 is 0 Å². The first-order chi connectivity index (χ1) is 17.8. The van der Waals surface area contributed by atoms with E-state index in [1.165, 1.54) is 5.01 Å². The molecule has 1 amide bonds. The van der Waals surface area contributed by atoms with Gasteiger partial charge in [-0.15, -0.1) is 0 Å². The van der Waals surface area contributed by atoms with Gasteiger partial charge in [0.05, 0.1) is 11.7 Å². The van der Waals surface area contributed by atoms with Gasteiger partial charge in [-0.2, -0.15) is 0 Å². The van der Waals surface area contributed by atoms with Crippen LogP contribution in [0.1, 0.15) is 24.5 Å². The van der Waals surface area contributed by atoms with Crippen LogP contribution in [0.25, 0.3) is 0 Å². The molecule has 0 bridgehead atoms. The number of hydrogen-bond donors (Lipinski definition) is 2. The molecule has 0 aliphatic rings. The van der Waals surface area contributed by atoms with Crippen LogP contribution in [-0.4, -0.2) is 53.6 Å². The number of rotatable bonds is 13. The zero-order valence-corrected chi connectivity index (χ0v) is 21.1. The van der Waals surface area contributed by atoms with E-state index in [0.717, 1.165) is 16.1 Å². The predicted molar refractivity (Wildman–Crippen MR) is 142 cm³/mol. The highest BCUT2D eigenvalue weighted by molar-refractivity contribution is 5.87. The number of amides is 1. The number of carbonyl (C=O) groups excluding carboxylic acids is 2. The molecule has 3 aromatic carbocycles. The van der Waals surface area contributed by atoms with Crippen molar-refractivity contribution in [1.29, 1.82) is 0 Å². The zero-order valence-electron chi connectivity index (χ0n) is 21.1. The van der Waals surface area contributed by atoms with E-state index in [4.69, 9.17) is 4.74 Å². The molecule has 0 radical (unpaired) electrons. The van der Waals surface area contributed by atoms with Crippen LogP contribution in [0.4, 0.5) is 5.69 Å². The first kappa shape index (κ1) is 27.4. The standard InChI is InChI=1S/C29H33N3O5/c1-22(28(35)32(20-27(33)34)31(2)25-16-10-5-11-17-25)30-26(19-18-23-12-6-3-7-13-23)29(36)37-21-24-14-8-4-9-15-24/h3-17,22,26,30H,18-21H2,1-2H3,(H,33,34). The van der Waals surface area contributed by atoms with E-state index >= 15 is 0 Å². The van der Waals surface area contributed by atoms with Crippen molar-refractivity contribution in [3.8, 4) is 0 Å². The Morgan fingerprint density at radius 2 is 1.41 bits per heavy atom. The molecule has 2 unspecified atom stereocenters. The van der Waals surface area contributed by atoms with Gasteiger partial charge in [0.1, 0.15) is 19.2 Å². The van der Waals surface area contributed by atoms with Crippen molar-refractivity contribution in [3.63, 3.8) is 0 Å². The van der Waals surface area contributed by atoms with Crippen LogP contribution in [0, 0.1) is 0 Å². The largest absolute Gasteiger partial charge is 0.480 e. The lowest BCUT2D eigenvalue weighted by Crippen LogP contribution is -2.56. The second-order valence-corrected chi connectivity index (χ2v) is 8.71. The summed E-state index contributed by atoms with van der Waals surface area (Å²) >= 11 is 0. The summed E-state index contributed by atoms with van der Waals surface area (Å²) in [7, 11) is 1.63. The molecule has 0 aromatic heterocycles. The monoisotopic (exact) mass is 503 g/mol. The summed E-state index contributed by atoms with van der Waals surface area (Å²) in [5.74, 6) is -2.10. The van der Waals surface area contributed by atoms with Gasteiger partial charge in [-0.1, -0.05) is 78.9 Å². The van der Waals surface area contributed by atoms with Crippen molar-refractivity contribution in [1.82, 2.24) is 10.3 Å². The molecule has 0 spiro atoms. The van der Waals surface area contributed by atoms with E-state index in [2.05, 4.69) is 5.32 Å². The van der Waals surface area contributed by atoms with E-state index in [1.54, 1.807) is 38.2 Å².